The van der Waals surface area contributed by atoms with E-state index in [1.165, 1.54) is 0 Å². The number of hydrogen-bond donors (Lipinski definition) is 1. The molecule has 1 aliphatic rings. The molecule has 0 spiro atoms. The Morgan fingerprint density at radius 2 is 2.40 bits per heavy atom. The summed E-state index contributed by atoms with van der Waals surface area (Å²) in [6.07, 6.45) is 3.39. The molecule has 0 aromatic carbocycles. The first-order valence-electron chi connectivity index (χ1n) is 6.32. The molecule has 0 saturated heterocycles. The van der Waals surface area contributed by atoms with Crippen LogP contribution in [0.2, 0.25) is 0 Å². The van der Waals surface area contributed by atoms with Crippen LogP contribution in [0.5, 0.6) is 0 Å². The minimum atomic E-state index is -2.31. The lowest BCUT2D eigenvalue weighted by Gasteiger charge is -2.14. The van der Waals surface area contributed by atoms with Gasteiger partial charge < -0.3 is 5.11 Å². The van der Waals surface area contributed by atoms with Crippen LogP contribution in [0, 0.1) is 11.8 Å². The maximum absolute atomic E-state index is 11.7. The minimum Gasteiger partial charge on any atom is -0.481 e. The fraction of sp³-hybridized carbons (Fsp3) is 0.667. The maximum atomic E-state index is 11.7. The SMILES string of the molecule is [2H]C([2H])(C(=O)O)[C@H]1CCC(=O)[C@@H]1C/C=C\CC. The molecule has 0 heterocycles. The third-order valence-corrected chi connectivity index (χ3v) is 2.70. The van der Waals surface area contributed by atoms with Crippen molar-refractivity contribution in [3.05, 3.63) is 12.2 Å². The number of carboxylic acid groups (broad SMARTS) is 1. The molecule has 0 aromatic heterocycles. The fourth-order valence-electron chi connectivity index (χ4n) is 1.95. The smallest absolute Gasteiger partial charge is 0.303 e. The van der Waals surface area contributed by atoms with Crippen LogP contribution in [-0.4, -0.2) is 16.9 Å². The van der Waals surface area contributed by atoms with Gasteiger partial charge in [-0.2, -0.15) is 0 Å². The zero-order valence-corrected chi connectivity index (χ0v) is 8.90. The molecule has 0 aliphatic heterocycles. The topological polar surface area (TPSA) is 54.4 Å². The standard InChI is InChI=1S/C12H18O3/c1-2-3-4-5-10-9(8-12(14)15)6-7-11(10)13/h3-4,9-10H,2,5-8H2,1H3,(H,14,15)/b4-3-/t9-,10-/m1/s1/i8D2. The zero-order chi connectivity index (χ0) is 13.1. The van der Waals surface area contributed by atoms with Gasteiger partial charge in [-0.25, -0.2) is 0 Å². The van der Waals surface area contributed by atoms with Gasteiger partial charge >= 0.3 is 5.97 Å². The van der Waals surface area contributed by atoms with E-state index < -0.39 is 24.2 Å². The van der Waals surface area contributed by atoms with Crippen molar-refractivity contribution in [3.8, 4) is 0 Å². The predicted molar refractivity (Wildman–Crippen MR) is 57.5 cm³/mol. The van der Waals surface area contributed by atoms with Crippen LogP contribution in [0.25, 0.3) is 0 Å². The highest BCUT2D eigenvalue weighted by atomic mass is 16.4. The van der Waals surface area contributed by atoms with Crippen molar-refractivity contribution in [3.63, 3.8) is 0 Å². The lowest BCUT2D eigenvalue weighted by molar-refractivity contribution is -0.138. The Hall–Kier alpha value is -1.12. The molecule has 84 valence electrons. The summed E-state index contributed by atoms with van der Waals surface area (Å²) in [6.45, 7) is 1.97. The molecular formula is C12H18O3. The first-order chi connectivity index (χ1) is 7.91. The van der Waals surface area contributed by atoms with Crippen LogP contribution in [-0.2, 0) is 9.59 Å². The normalized spacial score (nSPS) is 29.3. The maximum Gasteiger partial charge on any atom is 0.303 e. The second kappa shape index (κ2) is 5.69. The van der Waals surface area contributed by atoms with Crippen LogP contribution < -0.4 is 0 Å². The Bertz CT molecular complexity index is 337. The highest BCUT2D eigenvalue weighted by Gasteiger charge is 2.34. The van der Waals surface area contributed by atoms with E-state index in [2.05, 4.69) is 0 Å². The van der Waals surface area contributed by atoms with Gasteiger partial charge in [0.25, 0.3) is 0 Å². The highest BCUT2D eigenvalue weighted by Crippen LogP contribution is 2.33. The van der Waals surface area contributed by atoms with E-state index >= 15 is 0 Å². The first kappa shape index (κ1) is 9.13. The van der Waals surface area contributed by atoms with Crippen molar-refractivity contribution in [2.75, 3.05) is 0 Å². The van der Waals surface area contributed by atoms with Gasteiger partial charge in [-0.3, -0.25) is 9.59 Å². The monoisotopic (exact) mass is 212 g/mol. The molecule has 1 N–H and O–H groups in total. The molecule has 0 amide bonds. The summed E-state index contributed by atoms with van der Waals surface area (Å²) in [5.41, 5.74) is 0. The van der Waals surface area contributed by atoms with Crippen molar-refractivity contribution in [1.29, 1.82) is 0 Å². The van der Waals surface area contributed by atoms with E-state index in [1.54, 1.807) is 0 Å². The number of carbonyl (C=O) groups excluding carboxylic acids is 1. The van der Waals surface area contributed by atoms with Crippen LogP contribution in [0.3, 0.4) is 0 Å². The van der Waals surface area contributed by atoms with Crippen LogP contribution in [0.1, 0.15) is 41.7 Å². The summed E-state index contributed by atoms with van der Waals surface area (Å²) in [7, 11) is 0. The highest BCUT2D eigenvalue weighted by molar-refractivity contribution is 5.84. The van der Waals surface area contributed by atoms with Gasteiger partial charge in [-0.1, -0.05) is 19.1 Å². The third-order valence-electron chi connectivity index (χ3n) is 2.70. The van der Waals surface area contributed by atoms with Gasteiger partial charge in [0, 0.05) is 21.5 Å². The molecule has 1 aliphatic carbocycles. The predicted octanol–water partition coefficient (Wildman–Crippen LogP) is 2.41. The number of hydrogen-bond acceptors (Lipinski definition) is 2. The summed E-state index contributed by atoms with van der Waals surface area (Å²) in [4.78, 5) is 22.5. The van der Waals surface area contributed by atoms with Gasteiger partial charge in [-0.15, -0.1) is 0 Å². The number of allylic oxidation sites excluding steroid dienone is 2. The van der Waals surface area contributed by atoms with Crippen molar-refractivity contribution in [1.82, 2.24) is 0 Å². The Kier molecular flexibility index (Phi) is 3.46. The van der Waals surface area contributed by atoms with Crippen LogP contribution in [0.4, 0.5) is 0 Å². The molecule has 1 rings (SSSR count). The molecular weight excluding hydrogens is 192 g/mol. The number of carbonyl (C=O) groups is 2. The zero-order valence-electron chi connectivity index (χ0n) is 10.9. The number of carboxylic acids is 1. The van der Waals surface area contributed by atoms with Crippen molar-refractivity contribution in [2.24, 2.45) is 11.8 Å². The molecule has 0 bridgehead atoms. The van der Waals surface area contributed by atoms with Crippen LogP contribution >= 0.6 is 0 Å². The summed E-state index contributed by atoms with van der Waals surface area (Å²) < 4.78 is 15.1. The molecule has 0 radical (unpaired) electrons. The molecule has 3 nitrogen and oxygen atoms in total. The molecule has 15 heavy (non-hydrogen) atoms. The lowest BCUT2D eigenvalue weighted by atomic mass is 9.89. The van der Waals surface area contributed by atoms with E-state index in [4.69, 9.17) is 7.85 Å². The average molecular weight is 212 g/mol. The third kappa shape index (κ3) is 3.50. The summed E-state index contributed by atoms with van der Waals surface area (Å²) in [5, 5.41) is 8.87. The second-order valence-corrected chi connectivity index (χ2v) is 3.78. The Morgan fingerprint density at radius 1 is 1.67 bits per heavy atom. The molecule has 2 atom stereocenters. The summed E-state index contributed by atoms with van der Waals surface area (Å²) >= 11 is 0. The molecule has 1 fully saturated rings. The van der Waals surface area contributed by atoms with E-state index in [9.17, 15) is 9.59 Å². The van der Waals surface area contributed by atoms with Crippen LogP contribution in [0.15, 0.2) is 12.2 Å². The number of ketones is 1. The molecule has 1 saturated carbocycles. The molecule has 0 aromatic rings. The second-order valence-electron chi connectivity index (χ2n) is 3.78. The number of aliphatic carboxylic acids is 1. The average Bonchev–Trinajstić information content (AvgIpc) is 2.61. The first-order valence-corrected chi connectivity index (χ1v) is 5.32. The molecule has 0 unspecified atom stereocenters. The summed E-state index contributed by atoms with van der Waals surface area (Å²) in [6, 6.07) is 0. The summed E-state index contributed by atoms with van der Waals surface area (Å²) in [5.74, 6) is -2.67. The van der Waals surface area contributed by atoms with Crippen molar-refractivity contribution >= 4 is 11.8 Å². The van der Waals surface area contributed by atoms with Gasteiger partial charge in [0.2, 0.25) is 0 Å². The molecule has 3 heteroatoms. The van der Waals surface area contributed by atoms with Gasteiger partial charge in [0.1, 0.15) is 5.78 Å². The Morgan fingerprint density at radius 3 is 3.00 bits per heavy atom. The van der Waals surface area contributed by atoms with E-state index in [1.807, 2.05) is 19.1 Å². The quantitative estimate of drug-likeness (QED) is 0.712. The van der Waals surface area contributed by atoms with Gasteiger partial charge in [-0.05, 0) is 25.2 Å². The van der Waals surface area contributed by atoms with Gasteiger partial charge in [0.15, 0.2) is 0 Å². The lowest BCUT2D eigenvalue weighted by Crippen LogP contribution is -2.17. The Labute approximate surface area is 93.0 Å². The number of Topliss-reactive ketones (excluding diaryl/α,β-unsaturated/α-hetero) is 1. The largest absolute Gasteiger partial charge is 0.481 e. The fourth-order valence-corrected chi connectivity index (χ4v) is 1.95. The minimum absolute atomic E-state index is 0.0131. The van der Waals surface area contributed by atoms with Gasteiger partial charge in [0.05, 0.1) is 0 Å². The Balaban J connectivity index is 2.81. The van der Waals surface area contributed by atoms with E-state index in [-0.39, 0.29) is 5.78 Å². The van der Waals surface area contributed by atoms with E-state index in [0.29, 0.717) is 19.3 Å². The van der Waals surface area contributed by atoms with Crippen molar-refractivity contribution in [2.45, 2.75) is 39.0 Å². The van der Waals surface area contributed by atoms with E-state index in [0.717, 1.165) is 6.42 Å². The van der Waals surface area contributed by atoms with Crippen molar-refractivity contribution < 1.29 is 17.4 Å². The number of rotatable bonds is 5.